The van der Waals surface area contributed by atoms with Crippen molar-refractivity contribution in [1.82, 2.24) is 9.80 Å². The maximum Gasteiger partial charge on any atom is 0.246 e. The van der Waals surface area contributed by atoms with E-state index >= 15 is 0 Å². The zero-order chi connectivity index (χ0) is 29.9. The van der Waals surface area contributed by atoms with Gasteiger partial charge in [0.15, 0.2) is 0 Å². The summed E-state index contributed by atoms with van der Waals surface area (Å²) in [6.07, 6.45) is 0. The van der Waals surface area contributed by atoms with E-state index in [1.807, 2.05) is 131 Å². The maximum atomic E-state index is 5.03. The molecule has 0 bridgehead atoms. The predicted octanol–water partition coefficient (Wildman–Crippen LogP) is 6.48. The molecule has 7 rings (SSSR count). The number of anilines is 4. The van der Waals surface area contributed by atoms with E-state index in [0.717, 1.165) is 35.8 Å². The molecular formula is C34H30N10. The van der Waals surface area contributed by atoms with Crippen LogP contribution in [0.4, 0.5) is 22.7 Å². The largest absolute Gasteiger partial charge is 0.341 e. The molecule has 3 aliphatic heterocycles. The van der Waals surface area contributed by atoms with Crippen LogP contribution in [0, 0.1) is 0 Å². The zero-order valence-corrected chi connectivity index (χ0v) is 24.4. The summed E-state index contributed by atoms with van der Waals surface area (Å²) in [7, 11) is 0. The van der Waals surface area contributed by atoms with E-state index in [0.29, 0.717) is 35.8 Å². The lowest BCUT2D eigenvalue weighted by Gasteiger charge is -2.35. The van der Waals surface area contributed by atoms with Gasteiger partial charge < -0.3 is 4.90 Å². The van der Waals surface area contributed by atoms with Crippen molar-refractivity contribution in [2.75, 3.05) is 22.9 Å². The fraction of sp³-hybridized carbons (Fsp3) is 0.118. The Balaban J connectivity index is 1.44. The van der Waals surface area contributed by atoms with Crippen molar-refractivity contribution in [3.63, 3.8) is 0 Å². The van der Waals surface area contributed by atoms with Crippen LogP contribution in [0.5, 0.6) is 0 Å². The van der Waals surface area contributed by atoms with Crippen LogP contribution in [0.2, 0.25) is 0 Å². The fourth-order valence-corrected chi connectivity index (χ4v) is 5.17. The van der Waals surface area contributed by atoms with Gasteiger partial charge in [-0.05, 0) is 62.4 Å². The van der Waals surface area contributed by atoms with Gasteiger partial charge in [0.2, 0.25) is 35.8 Å². The zero-order valence-electron chi connectivity index (χ0n) is 24.4. The van der Waals surface area contributed by atoms with Crippen LogP contribution in [0.1, 0.15) is 13.8 Å². The molecule has 0 aromatic heterocycles. The number of rotatable bonds is 6. The van der Waals surface area contributed by atoms with Crippen molar-refractivity contribution in [3.05, 3.63) is 121 Å². The van der Waals surface area contributed by atoms with Crippen molar-refractivity contribution in [1.29, 1.82) is 0 Å². The smallest absolute Gasteiger partial charge is 0.246 e. The molecule has 0 amide bonds. The van der Waals surface area contributed by atoms with Gasteiger partial charge in [0.05, 0.1) is 0 Å². The number of nitrogens with zero attached hydrogens (tertiary/aromatic N) is 10. The Morgan fingerprint density at radius 3 is 1.02 bits per heavy atom. The Hall–Kier alpha value is -5.90. The molecule has 0 aliphatic carbocycles. The second-order valence-corrected chi connectivity index (χ2v) is 9.99. The summed E-state index contributed by atoms with van der Waals surface area (Å²) in [4.78, 5) is 37.6. The van der Waals surface area contributed by atoms with Crippen LogP contribution in [0.3, 0.4) is 0 Å². The molecule has 0 radical (unpaired) electrons. The van der Waals surface area contributed by atoms with Gasteiger partial charge in [-0.2, -0.15) is 30.0 Å². The van der Waals surface area contributed by atoms with Crippen LogP contribution in [-0.2, 0) is 0 Å². The first-order valence-electron chi connectivity index (χ1n) is 14.6. The standard InChI is InChI=1S/C34H30N10/c1-3-41(4-2)29-35-32-37-30(42(25-17-9-5-10-18-25)26-19-11-6-12-20-26)39-34-40-31(38-33(36-29)44(32)34)43(27-21-13-7-14-22-27)28-23-15-8-16-24-28/h5-24H,3-4H2,1-2H3. The predicted molar refractivity (Wildman–Crippen MR) is 179 cm³/mol. The Morgan fingerprint density at radius 1 is 0.409 bits per heavy atom. The molecule has 44 heavy (non-hydrogen) atoms. The molecular weight excluding hydrogens is 548 g/mol. The highest BCUT2D eigenvalue weighted by molar-refractivity contribution is 6.33. The molecule has 0 unspecified atom stereocenters. The number of benzene rings is 4. The van der Waals surface area contributed by atoms with E-state index in [1.165, 1.54) is 0 Å². The van der Waals surface area contributed by atoms with Crippen molar-refractivity contribution >= 4 is 58.5 Å². The number of aliphatic imine (C=N–C) groups is 6. The summed E-state index contributed by atoms with van der Waals surface area (Å²) in [5.74, 6) is 2.61. The molecule has 0 fully saturated rings. The van der Waals surface area contributed by atoms with Gasteiger partial charge in [-0.25, -0.2) is 4.90 Å². The minimum absolute atomic E-state index is 0.379. The minimum atomic E-state index is 0.379. The quantitative estimate of drug-likeness (QED) is 0.262. The van der Waals surface area contributed by atoms with E-state index in [1.54, 1.807) is 4.90 Å². The fourth-order valence-electron chi connectivity index (χ4n) is 5.17. The first-order valence-corrected chi connectivity index (χ1v) is 14.6. The molecule has 10 nitrogen and oxygen atoms in total. The SMILES string of the molecule is CCN(CC)C1=NC2=NC(N(c3ccccc3)c3ccccc3)=NC3=NC(N(c4ccccc4)c4ccccc4)=NC(=N1)N23. The first kappa shape index (κ1) is 27.0. The van der Waals surface area contributed by atoms with E-state index in [4.69, 9.17) is 30.0 Å². The monoisotopic (exact) mass is 578 g/mol. The van der Waals surface area contributed by atoms with Crippen LogP contribution in [-0.4, -0.2) is 58.6 Å². The van der Waals surface area contributed by atoms with Gasteiger partial charge in [0, 0.05) is 35.8 Å². The number of guanidine groups is 6. The van der Waals surface area contributed by atoms with E-state index < -0.39 is 0 Å². The van der Waals surface area contributed by atoms with Gasteiger partial charge >= 0.3 is 0 Å². The highest BCUT2D eigenvalue weighted by Crippen LogP contribution is 2.31. The molecule has 3 heterocycles. The minimum Gasteiger partial charge on any atom is -0.341 e. The second kappa shape index (κ2) is 11.8. The average molecular weight is 579 g/mol. The van der Waals surface area contributed by atoms with Crippen molar-refractivity contribution < 1.29 is 0 Å². The molecule has 0 saturated carbocycles. The summed E-state index contributed by atoms with van der Waals surface area (Å²) in [5.41, 5.74) is 3.64. The van der Waals surface area contributed by atoms with Gasteiger partial charge in [0.1, 0.15) is 0 Å². The van der Waals surface area contributed by atoms with Gasteiger partial charge in [-0.3, -0.25) is 9.80 Å². The molecule has 0 N–H and O–H groups in total. The lowest BCUT2D eigenvalue weighted by molar-refractivity contribution is 0.459. The Kier molecular flexibility index (Phi) is 7.21. The third kappa shape index (κ3) is 5.02. The summed E-state index contributed by atoms with van der Waals surface area (Å²) >= 11 is 0. The molecule has 0 saturated heterocycles. The number of hydrogen-bond donors (Lipinski definition) is 0. The topological polar surface area (TPSA) is 87.1 Å². The van der Waals surface area contributed by atoms with E-state index in [-0.39, 0.29) is 0 Å². The number of hydrogen-bond acceptors (Lipinski definition) is 10. The molecule has 4 aromatic rings. The number of para-hydroxylation sites is 4. The summed E-state index contributed by atoms with van der Waals surface area (Å²) in [6, 6.07) is 40.2. The Bertz CT molecular complexity index is 1660. The third-order valence-corrected chi connectivity index (χ3v) is 7.30. The van der Waals surface area contributed by atoms with Crippen LogP contribution < -0.4 is 9.80 Å². The highest BCUT2D eigenvalue weighted by atomic mass is 15.6. The van der Waals surface area contributed by atoms with E-state index in [2.05, 4.69) is 18.7 Å². The first-order chi connectivity index (χ1) is 21.7. The molecule has 4 aromatic carbocycles. The summed E-state index contributed by atoms with van der Waals surface area (Å²) in [5, 5.41) is 0. The lowest BCUT2D eigenvalue weighted by atomic mass is 10.2. The molecule has 216 valence electrons. The molecule has 3 aliphatic rings. The van der Waals surface area contributed by atoms with Crippen molar-refractivity contribution in [2.24, 2.45) is 30.0 Å². The van der Waals surface area contributed by atoms with Crippen LogP contribution in [0.15, 0.2) is 151 Å². The van der Waals surface area contributed by atoms with Gasteiger partial charge in [-0.15, -0.1) is 0 Å². The molecule has 0 spiro atoms. The Morgan fingerprint density at radius 2 is 0.705 bits per heavy atom. The van der Waals surface area contributed by atoms with Crippen molar-refractivity contribution in [3.8, 4) is 0 Å². The Labute approximate surface area is 256 Å². The lowest BCUT2D eigenvalue weighted by Crippen LogP contribution is -2.52. The van der Waals surface area contributed by atoms with Crippen LogP contribution >= 0.6 is 0 Å². The third-order valence-electron chi connectivity index (χ3n) is 7.30. The van der Waals surface area contributed by atoms with Crippen LogP contribution in [0.25, 0.3) is 0 Å². The summed E-state index contributed by atoms with van der Waals surface area (Å²) in [6.45, 7) is 5.63. The van der Waals surface area contributed by atoms with Crippen molar-refractivity contribution in [2.45, 2.75) is 13.8 Å². The van der Waals surface area contributed by atoms with Gasteiger partial charge in [-0.1, -0.05) is 72.8 Å². The maximum absolute atomic E-state index is 5.03. The average Bonchev–Trinajstić information content (AvgIpc) is 3.07. The molecule has 0 atom stereocenters. The van der Waals surface area contributed by atoms with Gasteiger partial charge in [0.25, 0.3) is 0 Å². The van der Waals surface area contributed by atoms with E-state index in [9.17, 15) is 0 Å². The molecule has 10 heteroatoms. The highest BCUT2D eigenvalue weighted by Gasteiger charge is 2.38. The normalized spacial score (nSPS) is 15.1. The summed E-state index contributed by atoms with van der Waals surface area (Å²) < 4.78 is 0. The second-order valence-electron chi connectivity index (χ2n) is 9.99.